The summed E-state index contributed by atoms with van der Waals surface area (Å²) in [7, 11) is 1.57. The molecule has 2 heterocycles. The Balaban J connectivity index is 1.78. The Morgan fingerprint density at radius 2 is 2.00 bits per heavy atom. The van der Waals surface area contributed by atoms with Crippen molar-refractivity contribution in [2.75, 3.05) is 20.3 Å². The summed E-state index contributed by atoms with van der Waals surface area (Å²) in [5, 5.41) is 7.08. The number of hydrogen-bond donors (Lipinski definition) is 1. The number of halogens is 2. The molecule has 0 atom stereocenters. The summed E-state index contributed by atoms with van der Waals surface area (Å²) in [5.74, 6) is -1.41. The minimum Gasteiger partial charge on any atom is -0.475 e. The van der Waals surface area contributed by atoms with Gasteiger partial charge in [0.25, 0.3) is 5.91 Å². The highest BCUT2D eigenvalue weighted by molar-refractivity contribution is 5.96. The molecule has 30 heavy (non-hydrogen) atoms. The zero-order valence-electron chi connectivity index (χ0n) is 16.9. The number of hydrogen-bond acceptors (Lipinski definition) is 5. The molecule has 0 bridgehead atoms. The van der Waals surface area contributed by atoms with Crippen LogP contribution in [0.4, 0.5) is 8.78 Å². The second-order valence-electron chi connectivity index (χ2n) is 6.54. The van der Waals surface area contributed by atoms with Gasteiger partial charge >= 0.3 is 0 Å². The maximum absolute atomic E-state index is 14.2. The molecule has 0 aliphatic heterocycles. The molecule has 0 aliphatic rings. The first-order valence-corrected chi connectivity index (χ1v) is 9.27. The van der Waals surface area contributed by atoms with Crippen LogP contribution in [-0.4, -0.2) is 41.0 Å². The number of pyridine rings is 1. The van der Waals surface area contributed by atoms with Crippen LogP contribution < -0.4 is 10.1 Å². The van der Waals surface area contributed by atoms with Crippen molar-refractivity contribution in [1.82, 2.24) is 20.1 Å². The highest BCUT2D eigenvalue weighted by atomic mass is 19.1. The molecule has 0 spiro atoms. The number of carbonyl (C=O) groups is 1. The summed E-state index contributed by atoms with van der Waals surface area (Å²) in [5.41, 5.74) is 1.96. The van der Waals surface area contributed by atoms with E-state index in [4.69, 9.17) is 9.47 Å². The average molecular weight is 416 g/mol. The van der Waals surface area contributed by atoms with Crippen molar-refractivity contribution in [1.29, 1.82) is 0 Å². The molecule has 1 amide bonds. The fourth-order valence-corrected chi connectivity index (χ4v) is 3.03. The van der Waals surface area contributed by atoms with Crippen molar-refractivity contribution in [3.8, 4) is 11.6 Å². The highest BCUT2D eigenvalue weighted by Gasteiger charge is 2.21. The summed E-state index contributed by atoms with van der Waals surface area (Å²) < 4.78 is 39.2. The minimum atomic E-state index is -0.763. The van der Waals surface area contributed by atoms with Crippen molar-refractivity contribution in [3.63, 3.8) is 0 Å². The number of methoxy groups -OCH3 is 1. The number of aromatic nitrogens is 3. The molecule has 9 heteroatoms. The number of aryl methyl sites for hydroxylation is 1. The van der Waals surface area contributed by atoms with E-state index in [0.29, 0.717) is 41.6 Å². The van der Waals surface area contributed by atoms with Gasteiger partial charge in [-0.15, -0.1) is 0 Å². The van der Waals surface area contributed by atoms with E-state index in [1.54, 1.807) is 39.3 Å². The number of rotatable bonds is 8. The number of carbonyl (C=O) groups excluding carboxylic acids is 1. The van der Waals surface area contributed by atoms with E-state index in [1.807, 2.05) is 0 Å². The van der Waals surface area contributed by atoms with E-state index in [-0.39, 0.29) is 18.1 Å². The molecule has 3 rings (SSSR count). The first kappa shape index (κ1) is 21.4. The van der Waals surface area contributed by atoms with Gasteiger partial charge in [-0.1, -0.05) is 6.07 Å². The third-order valence-corrected chi connectivity index (χ3v) is 4.47. The normalized spacial score (nSPS) is 10.8. The van der Waals surface area contributed by atoms with Crippen LogP contribution in [-0.2, 0) is 11.3 Å². The van der Waals surface area contributed by atoms with Crippen molar-refractivity contribution in [2.45, 2.75) is 20.4 Å². The van der Waals surface area contributed by atoms with Gasteiger partial charge in [-0.25, -0.2) is 18.4 Å². The largest absolute Gasteiger partial charge is 0.475 e. The lowest BCUT2D eigenvalue weighted by Crippen LogP contribution is -2.24. The van der Waals surface area contributed by atoms with Gasteiger partial charge < -0.3 is 14.8 Å². The first-order valence-electron chi connectivity index (χ1n) is 9.27. The molecule has 2 aromatic heterocycles. The van der Waals surface area contributed by atoms with Crippen molar-refractivity contribution >= 4 is 5.91 Å². The quantitative estimate of drug-likeness (QED) is 0.571. The predicted octanol–water partition coefficient (Wildman–Crippen LogP) is 3.12. The number of ether oxygens (including phenoxy) is 2. The van der Waals surface area contributed by atoms with E-state index in [1.165, 1.54) is 10.7 Å². The SMILES string of the molecule is COCCOc1ncccc1CNC(=O)c1c(C)nn(-c2ccc(F)cc2F)c1C. The Morgan fingerprint density at radius 3 is 2.73 bits per heavy atom. The summed E-state index contributed by atoms with van der Waals surface area (Å²) in [6.07, 6.45) is 1.60. The van der Waals surface area contributed by atoms with Crippen molar-refractivity contribution < 1.29 is 23.0 Å². The smallest absolute Gasteiger partial charge is 0.255 e. The Kier molecular flexibility index (Phi) is 6.73. The van der Waals surface area contributed by atoms with Gasteiger partial charge in [-0.05, 0) is 32.0 Å². The molecule has 7 nitrogen and oxygen atoms in total. The van der Waals surface area contributed by atoms with Gasteiger partial charge in [0.15, 0.2) is 5.82 Å². The van der Waals surface area contributed by atoms with Crippen molar-refractivity contribution in [2.24, 2.45) is 0 Å². The summed E-state index contributed by atoms with van der Waals surface area (Å²) in [6.45, 7) is 4.25. The zero-order chi connectivity index (χ0) is 21.7. The fraction of sp³-hybridized carbons (Fsp3) is 0.286. The molecule has 0 saturated carbocycles. The zero-order valence-corrected chi connectivity index (χ0v) is 16.9. The molecular formula is C21H22F2N4O3. The number of nitrogens with zero attached hydrogens (tertiary/aromatic N) is 3. The lowest BCUT2D eigenvalue weighted by Gasteiger charge is -2.11. The Labute approximate surface area is 172 Å². The molecule has 0 radical (unpaired) electrons. The molecule has 1 aromatic carbocycles. The topological polar surface area (TPSA) is 78.3 Å². The second kappa shape index (κ2) is 9.45. The van der Waals surface area contributed by atoms with E-state index in [2.05, 4.69) is 15.4 Å². The van der Waals surface area contributed by atoms with Gasteiger partial charge in [-0.2, -0.15) is 5.10 Å². The van der Waals surface area contributed by atoms with Crippen LogP contribution in [0.1, 0.15) is 27.3 Å². The van der Waals surface area contributed by atoms with Gasteiger partial charge in [0, 0.05) is 31.5 Å². The van der Waals surface area contributed by atoms with E-state index >= 15 is 0 Å². The summed E-state index contributed by atoms with van der Waals surface area (Å²) in [4.78, 5) is 17.0. The van der Waals surface area contributed by atoms with Gasteiger partial charge in [-0.3, -0.25) is 4.79 Å². The molecule has 0 unspecified atom stereocenters. The minimum absolute atomic E-state index is 0.0668. The van der Waals surface area contributed by atoms with E-state index in [9.17, 15) is 13.6 Å². The summed E-state index contributed by atoms with van der Waals surface area (Å²) in [6, 6.07) is 6.75. The maximum atomic E-state index is 14.2. The lowest BCUT2D eigenvalue weighted by atomic mass is 10.1. The monoisotopic (exact) mass is 416 g/mol. The average Bonchev–Trinajstić information content (AvgIpc) is 3.01. The third kappa shape index (κ3) is 4.62. The molecule has 0 saturated heterocycles. The van der Waals surface area contributed by atoms with Crippen LogP contribution in [0.3, 0.4) is 0 Å². The number of amides is 1. The molecule has 1 N–H and O–H groups in total. The maximum Gasteiger partial charge on any atom is 0.255 e. The van der Waals surface area contributed by atoms with E-state index in [0.717, 1.165) is 12.1 Å². The Morgan fingerprint density at radius 1 is 1.20 bits per heavy atom. The second-order valence-corrected chi connectivity index (χ2v) is 6.54. The molecular weight excluding hydrogens is 394 g/mol. The van der Waals surface area contributed by atoms with Crippen LogP contribution in [0.5, 0.6) is 5.88 Å². The van der Waals surface area contributed by atoms with E-state index < -0.39 is 11.6 Å². The molecule has 158 valence electrons. The molecule has 0 fully saturated rings. The summed E-state index contributed by atoms with van der Waals surface area (Å²) >= 11 is 0. The van der Waals surface area contributed by atoms with Gasteiger partial charge in [0.1, 0.15) is 18.1 Å². The first-order chi connectivity index (χ1) is 14.4. The Bertz CT molecular complexity index is 1050. The number of benzene rings is 1. The van der Waals surface area contributed by atoms with Crippen LogP contribution in [0.2, 0.25) is 0 Å². The Hall–Kier alpha value is -3.33. The highest BCUT2D eigenvalue weighted by Crippen LogP contribution is 2.21. The standard InChI is InChI=1S/C21H22F2N4O3/c1-13-19(14(2)27(26-13)18-7-6-16(22)11-17(18)23)20(28)25-12-15-5-4-8-24-21(15)30-10-9-29-3/h4-8,11H,9-10,12H2,1-3H3,(H,25,28). The number of nitrogens with one attached hydrogen (secondary N) is 1. The van der Waals surface area contributed by atoms with Crippen molar-refractivity contribution in [3.05, 3.63) is 70.7 Å². The van der Waals surface area contributed by atoms with Crippen LogP contribution >= 0.6 is 0 Å². The molecule has 0 aliphatic carbocycles. The molecule has 3 aromatic rings. The van der Waals surface area contributed by atoms with Gasteiger partial charge in [0.05, 0.1) is 23.6 Å². The predicted molar refractivity (Wildman–Crippen MR) is 106 cm³/mol. The van der Waals surface area contributed by atoms with Crippen LogP contribution in [0.25, 0.3) is 5.69 Å². The third-order valence-electron chi connectivity index (χ3n) is 4.47. The van der Waals surface area contributed by atoms with Gasteiger partial charge in [0.2, 0.25) is 5.88 Å². The van der Waals surface area contributed by atoms with Crippen LogP contribution in [0.15, 0.2) is 36.5 Å². The lowest BCUT2D eigenvalue weighted by molar-refractivity contribution is 0.0949. The van der Waals surface area contributed by atoms with Crippen LogP contribution in [0, 0.1) is 25.5 Å². The fourth-order valence-electron chi connectivity index (χ4n) is 3.03.